The van der Waals surface area contributed by atoms with Crippen LogP contribution in [0.3, 0.4) is 0 Å². The van der Waals surface area contributed by atoms with E-state index in [0.717, 1.165) is 29.5 Å². The number of nitrogens with zero attached hydrogens (tertiary/aromatic N) is 2. The molecule has 2 aliphatic rings. The molecule has 0 bridgehead atoms. The summed E-state index contributed by atoms with van der Waals surface area (Å²) >= 11 is 0. The Morgan fingerprint density at radius 2 is 1.74 bits per heavy atom. The monoisotopic (exact) mass is 360 g/mol. The molecular weight excluding hydrogens is 336 g/mol. The first-order chi connectivity index (χ1) is 13.1. The number of carbonyl (C=O) groups is 2. The van der Waals surface area contributed by atoms with Gasteiger partial charge < -0.3 is 9.80 Å². The molecule has 4 nitrogen and oxygen atoms in total. The van der Waals surface area contributed by atoms with Crippen molar-refractivity contribution in [3.8, 4) is 0 Å². The summed E-state index contributed by atoms with van der Waals surface area (Å²) in [5.41, 5.74) is 3.26. The second-order valence-electron chi connectivity index (χ2n) is 7.33. The Labute approximate surface area is 160 Å². The molecule has 1 fully saturated rings. The predicted molar refractivity (Wildman–Crippen MR) is 105 cm³/mol. The highest BCUT2D eigenvalue weighted by atomic mass is 16.2. The summed E-state index contributed by atoms with van der Waals surface area (Å²) in [6.07, 6.45) is 6.19. The standard InChI is InChI=1S/C23H24N2O2/c1-17(26)24-14-13-19-9-5-6-10-21(19)22(24)15-23(27)25(20-11-12-20)16-18-7-3-2-4-8-18/h2-10,13-14,20,22H,11-12,15-16H2,1H3. The molecule has 27 heavy (non-hydrogen) atoms. The number of benzene rings is 2. The van der Waals surface area contributed by atoms with E-state index in [4.69, 9.17) is 0 Å². The fourth-order valence-electron chi connectivity index (χ4n) is 3.78. The van der Waals surface area contributed by atoms with Crippen molar-refractivity contribution in [2.75, 3.05) is 0 Å². The first-order valence-corrected chi connectivity index (χ1v) is 9.53. The molecule has 1 heterocycles. The van der Waals surface area contributed by atoms with Gasteiger partial charge in [-0.05, 0) is 35.6 Å². The van der Waals surface area contributed by atoms with Gasteiger partial charge in [0.25, 0.3) is 0 Å². The van der Waals surface area contributed by atoms with Gasteiger partial charge in [0, 0.05) is 25.7 Å². The Bertz CT molecular complexity index is 871. The van der Waals surface area contributed by atoms with Crippen molar-refractivity contribution in [3.63, 3.8) is 0 Å². The van der Waals surface area contributed by atoms with Crippen LogP contribution in [0.1, 0.15) is 48.9 Å². The van der Waals surface area contributed by atoms with E-state index in [9.17, 15) is 9.59 Å². The Morgan fingerprint density at radius 3 is 2.44 bits per heavy atom. The molecule has 0 aromatic heterocycles. The Kier molecular flexibility index (Phi) is 4.80. The minimum atomic E-state index is -0.242. The molecule has 2 amide bonds. The molecule has 2 aromatic carbocycles. The highest BCUT2D eigenvalue weighted by Crippen LogP contribution is 2.35. The Hall–Kier alpha value is -2.88. The molecular formula is C23H24N2O2. The summed E-state index contributed by atoms with van der Waals surface area (Å²) in [5, 5.41) is 0. The van der Waals surface area contributed by atoms with Crippen molar-refractivity contribution in [2.45, 2.75) is 44.8 Å². The molecule has 4 rings (SSSR count). The van der Waals surface area contributed by atoms with E-state index in [1.807, 2.05) is 53.4 Å². The normalized spacial score (nSPS) is 18.1. The molecule has 1 unspecified atom stereocenters. The quantitative estimate of drug-likeness (QED) is 0.804. The van der Waals surface area contributed by atoms with Crippen LogP contribution in [0.25, 0.3) is 6.08 Å². The van der Waals surface area contributed by atoms with Crippen LogP contribution in [-0.2, 0) is 16.1 Å². The summed E-state index contributed by atoms with van der Waals surface area (Å²) in [7, 11) is 0. The van der Waals surface area contributed by atoms with Crippen molar-refractivity contribution < 1.29 is 9.59 Å². The maximum absolute atomic E-state index is 13.2. The average Bonchev–Trinajstić information content (AvgIpc) is 3.52. The minimum Gasteiger partial charge on any atom is -0.335 e. The van der Waals surface area contributed by atoms with Crippen LogP contribution in [0.15, 0.2) is 60.8 Å². The van der Waals surface area contributed by atoms with Crippen LogP contribution in [0.5, 0.6) is 0 Å². The van der Waals surface area contributed by atoms with Gasteiger partial charge in [-0.1, -0.05) is 54.6 Å². The van der Waals surface area contributed by atoms with Crippen molar-refractivity contribution in [2.24, 2.45) is 0 Å². The molecule has 0 spiro atoms. The maximum Gasteiger partial charge on any atom is 0.225 e. The summed E-state index contributed by atoms with van der Waals surface area (Å²) in [4.78, 5) is 29.1. The smallest absolute Gasteiger partial charge is 0.225 e. The first-order valence-electron chi connectivity index (χ1n) is 9.53. The zero-order valence-electron chi connectivity index (χ0n) is 15.5. The zero-order chi connectivity index (χ0) is 18.8. The van der Waals surface area contributed by atoms with Crippen LogP contribution in [0.2, 0.25) is 0 Å². The van der Waals surface area contributed by atoms with E-state index in [2.05, 4.69) is 12.1 Å². The van der Waals surface area contributed by atoms with E-state index < -0.39 is 0 Å². The summed E-state index contributed by atoms with van der Waals surface area (Å²) in [6, 6.07) is 18.2. The van der Waals surface area contributed by atoms with Crippen LogP contribution in [0.4, 0.5) is 0 Å². The Balaban J connectivity index is 1.57. The van der Waals surface area contributed by atoms with Gasteiger partial charge >= 0.3 is 0 Å². The summed E-state index contributed by atoms with van der Waals surface area (Å²) in [6.45, 7) is 2.19. The van der Waals surface area contributed by atoms with Crippen molar-refractivity contribution in [3.05, 3.63) is 77.5 Å². The van der Waals surface area contributed by atoms with Crippen LogP contribution in [0, 0.1) is 0 Å². The van der Waals surface area contributed by atoms with E-state index >= 15 is 0 Å². The molecule has 2 aromatic rings. The average molecular weight is 360 g/mol. The van der Waals surface area contributed by atoms with Gasteiger partial charge in [-0.15, -0.1) is 0 Å². The minimum absolute atomic E-state index is 0.0421. The Morgan fingerprint density at radius 1 is 1.04 bits per heavy atom. The molecule has 0 saturated heterocycles. The van der Waals surface area contributed by atoms with Gasteiger partial charge in [0.05, 0.1) is 12.5 Å². The number of amides is 2. The second-order valence-corrected chi connectivity index (χ2v) is 7.33. The van der Waals surface area contributed by atoms with E-state index in [1.54, 1.807) is 18.0 Å². The molecule has 1 saturated carbocycles. The largest absolute Gasteiger partial charge is 0.335 e. The number of carbonyl (C=O) groups excluding carboxylic acids is 2. The molecule has 1 aliphatic carbocycles. The number of rotatable bonds is 5. The lowest BCUT2D eigenvalue weighted by molar-refractivity contribution is -0.135. The van der Waals surface area contributed by atoms with Gasteiger partial charge in [-0.3, -0.25) is 9.59 Å². The summed E-state index contributed by atoms with van der Waals surface area (Å²) < 4.78 is 0. The van der Waals surface area contributed by atoms with Gasteiger partial charge in [0.15, 0.2) is 0 Å². The van der Waals surface area contributed by atoms with Crippen LogP contribution < -0.4 is 0 Å². The second kappa shape index (κ2) is 7.39. The first kappa shape index (κ1) is 17.5. The van der Waals surface area contributed by atoms with E-state index in [1.165, 1.54) is 0 Å². The predicted octanol–water partition coefficient (Wildman–Crippen LogP) is 4.14. The zero-order valence-corrected chi connectivity index (χ0v) is 15.5. The van der Waals surface area contributed by atoms with Crippen LogP contribution in [-0.4, -0.2) is 27.7 Å². The number of fused-ring (bicyclic) bond motifs is 1. The van der Waals surface area contributed by atoms with Crippen LogP contribution >= 0.6 is 0 Å². The third-order valence-electron chi connectivity index (χ3n) is 5.34. The lowest BCUT2D eigenvalue weighted by Gasteiger charge is -2.34. The van der Waals surface area contributed by atoms with Gasteiger partial charge in [0.2, 0.25) is 11.8 Å². The topological polar surface area (TPSA) is 40.6 Å². The highest BCUT2D eigenvalue weighted by molar-refractivity contribution is 5.82. The highest BCUT2D eigenvalue weighted by Gasteiger charge is 2.35. The third-order valence-corrected chi connectivity index (χ3v) is 5.34. The van der Waals surface area contributed by atoms with Gasteiger partial charge in [-0.25, -0.2) is 0 Å². The van der Waals surface area contributed by atoms with Gasteiger partial charge in [0.1, 0.15) is 0 Å². The van der Waals surface area contributed by atoms with Crippen molar-refractivity contribution in [1.29, 1.82) is 0 Å². The summed E-state index contributed by atoms with van der Waals surface area (Å²) in [5.74, 6) is 0.0716. The lowest BCUT2D eigenvalue weighted by Crippen LogP contribution is -2.38. The van der Waals surface area contributed by atoms with E-state index in [0.29, 0.717) is 19.0 Å². The van der Waals surface area contributed by atoms with Crippen molar-refractivity contribution >= 4 is 17.9 Å². The molecule has 1 atom stereocenters. The fourth-order valence-corrected chi connectivity index (χ4v) is 3.78. The van der Waals surface area contributed by atoms with Gasteiger partial charge in [-0.2, -0.15) is 0 Å². The number of hydrogen-bond acceptors (Lipinski definition) is 2. The number of hydrogen-bond donors (Lipinski definition) is 0. The molecule has 138 valence electrons. The maximum atomic E-state index is 13.2. The lowest BCUT2D eigenvalue weighted by atomic mass is 9.93. The fraction of sp³-hybridized carbons (Fsp3) is 0.304. The van der Waals surface area contributed by atoms with E-state index in [-0.39, 0.29) is 17.9 Å². The molecule has 0 N–H and O–H groups in total. The SMILES string of the molecule is CC(=O)N1C=Cc2ccccc2C1CC(=O)N(Cc1ccccc1)C1CC1. The van der Waals surface area contributed by atoms with Crippen molar-refractivity contribution in [1.82, 2.24) is 9.80 Å². The molecule has 1 aliphatic heterocycles. The molecule has 4 heteroatoms. The third kappa shape index (κ3) is 3.80. The molecule has 0 radical (unpaired) electrons.